The van der Waals surface area contributed by atoms with Gasteiger partial charge in [0.1, 0.15) is 0 Å². The molecular weight excluding hydrogens is 252 g/mol. The topological polar surface area (TPSA) is 26.0 Å². The lowest BCUT2D eigenvalue weighted by molar-refractivity contribution is 0.509. The first-order valence-corrected chi connectivity index (χ1v) is 5.24. The molecule has 0 radical (unpaired) electrons. The van der Waals surface area contributed by atoms with E-state index in [-0.39, 0.29) is 5.69 Å². The SMILES string of the molecule is Nc1cc(F)c(F)cc1C=CCCBr. The first-order chi connectivity index (χ1) is 6.65. The second-order valence-electron chi connectivity index (χ2n) is 2.78. The van der Waals surface area contributed by atoms with E-state index < -0.39 is 11.6 Å². The smallest absolute Gasteiger partial charge is 0.160 e. The molecule has 0 aliphatic rings. The molecule has 0 saturated carbocycles. The third-order valence-electron chi connectivity index (χ3n) is 1.70. The summed E-state index contributed by atoms with van der Waals surface area (Å²) in [6.07, 6.45) is 4.34. The Hall–Kier alpha value is -0.900. The largest absolute Gasteiger partial charge is 0.398 e. The van der Waals surface area contributed by atoms with Crippen LogP contribution in [0.5, 0.6) is 0 Å². The van der Waals surface area contributed by atoms with Gasteiger partial charge in [0.25, 0.3) is 0 Å². The van der Waals surface area contributed by atoms with Crippen molar-refractivity contribution in [3.8, 4) is 0 Å². The van der Waals surface area contributed by atoms with Crippen LogP contribution in [0.1, 0.15) is 12.0 Å². The summed E-state index contributed by atoms with van der Waals surface area (Å²) in [7, 11) is 0. The van der Waals surface area contributed by atoms with Crippen LogP contribution in [0, 0.1) is 11.6 Å². The number of halogens is 3. The molecule has 0 aromatic heterocycles. The molecule has 2 N–H and O–H groups in total. The van der Waals surface area contributed by atoms with Crippen molar-refractivity contribution in [2.45, 2.75) is 6.42 Å². The maximum Gasteiger partial charge on any atom is 0.160 e. The number of benzene rings is 1. The number of nitrogen functional groups attached to an aromatic ring is 1. The van der Waals surface area contributed by atoms with Crippen LogP contribution in [-0.2, 0) is 0 Å². The van der Waals surface area contributed by atoms with Crippen LogP contribution in [0.2, 0.25) is 0 Å². The van der Waals surface area contributed by atoms with Gasteiger partial charge in [-0.3, -0.25) is 0 Å². The molecule has 0 amide bonds. The average Bonchev–Trinajstić information content (AvgIpc) is 2.14. The predicted octanol–water partition coefficient (Wildman–Crippen LogP) is 3.35. The maximum absolute atomic E-state index is 12.8. The summed E-state index contributed by atoms with van der Waals surface area (Å²) in [6, 6.07) is 2.08. The van der Waals surface area contributed by atoms with Crippen LogP contribution < -0.4 is 5.73 Å². The van der Waals surface area contributed by atoms with Gasteiger partial charge in [-0.2, -0.15) is 0 Å². The van der Waals surface area contributed by atoms with Crippen molar-refractivity contribution in [3.63, 3.8) is 0 Å². The van der Waals surface area contributed by atoms with E-state index in [1.54, 1.807) is 6.08 Å². The van der Waals surface area contributed by atoms with Crippen LogP contribution in [0.3, 0.4) is 0 Å². The third kappa shape index (κ3) is 2.80. The van der Waals surface area contributed by atoms with Crippen molar-refractivity contribution in [3.05, 3.63) is 35.4 Å². The van der Waals surface area contributed by atoms with Gasteiger partial charge in [-0.15, -0.1) is 0 Å². The Bertz CT molecular complexity index is 350. The van der Waals surface area contributed by atoms with E-state index in [9.17, 15) is 8.78 Å². The molecule has 0 bridgehead atoms. The molecule has 0 aliphatic heterocycles. The standard InChI is InChI=1S/C10H10BrF2N/c11-4-2-1-3-7-5-8(12)9(13)6-10(7)14/h1,3,5-6H,2,4,14H2. The highest BCUT2D eigenvalue weighted by Gasteiger charge is 2.04. The van der Waals surface area contributed by atoms with Gasteiger partial charge >= 0.3 is 0 Å². The Morgan fingerprint density at radius 2 is 1.93 bits per heavy atom. The molecular formula is C10H10BrF2N. The molecule has 1 aromatic rings. The number of allylic oxidation sites excluding steroid dienone is 1. The quantitative estimate of drug-likeness (QED) is 0.656. The van der Waals surface area contributed by atoms with Gasteiger partial charge in [0.15, 0.2) is 11.6 Å². The van der Waals surface area contributed by atoms with Crippen LogP contribution >= 0.6 is 15.9 Å². The zero-order valence-corrected chi connectivity index (χ0v) is 9.02. The van der Waals surface area contributed by atoms with E-state index in [1.807, 2.05) is 6.08 Å². The summed E-state index contributed by atoms with van der Waals surface area (Å²) in [5, 5.41) is 0.826. The van der Waals surface area contributed by atoms with Crippen molar-refractivity contribution in [2.75, 3.05) is 11.1 Å². The lowest BCUT2D eigenvalue weighted by Gasteiger charge is -2.01. The Kier molecular flexibility index (Phi) is 4.07. The number of hydrogen-bond acceptors (Lipinski definition) is 1. The molecule has 0 spiro atoms. The van der Waals surface area contributed by atoms with Crippen molar-refractivity contribution in [2.24, 2.45) is 0 Å². The highest BCUT2D eigenvalue weighted by molar-refractivity contribution is 9.09. The van der Waals surface area contributed by atoms with Crippen molar-refractivity contribution >= 4 is 27.7 Å². The van der Waals surface area contributed by atoms with Gasteiger partial charge in [-0.1, -0.05) is 28.1 Å². The molecule has 1 nitrogen and oxygen atoms in total. The van der Waals surface area contributed by atoms with E-state index in [0.29, 0.717) is 5.56 Å². The molecule has 76 valence electrons. The molecule has 14 heavy (non-hydrogen) atoms. The summed E-state index contributed by atoms with van der Waals surface area (Å²) in [4.78, 5) is 0. The van der Waals surface area contributed by atoms with E-state index in [2.05, 4.69) is 15.9 Å². The summed E-state index contributed by atoms with van der Waals surface area (Å²) < 4.78 is 25.5. The highest BCUT2D eigenvalue weighted by atomic mass is 79.9. The molecule has 0 unspecified atom stereocenters. The fourth-order valence-electron chi connectivity index (χ4n) is 0.995. The van der Waals surface area contributed by atoms with Gasteiger partial charge in [0.2, 0.25) is 0 Å². The molecule has 0 heterocycles. The Morgan fingerprint density at radius 1 is 1.29 bits per heavy atom. The highest BCUT2D eigenvalue weighted by Crippen LogP contribution is 2.18. The van der Waals surface area contributed by atoms with Gasteiger partial charge in [-0.25, -0.2) is 8.78 Å². The van der Waals surface area contributed by atoms with E-state index >= 15 is 0 Å². The Labute approximate surface area is 89.7 Å². The lowest BCUT2D eigenvalue weighted by atomic mass is 10.1. The number of alkyl halides is 1. The maximum atomic E-state index is 12.8. The number of rotatable bonds is 3. The van der Waals surface area contributed by atoms with Crippen LogP contribution in [-0.4, -0.2) is 5.33 Å². The normalized spacial score (nSPS) is 11.1. The Balaban J connectivity index is 2.92. The van der Waals surface area contributed by atoms with E-state index in [0.717, 1.165) is 23.9 Å². The monoisotopic (exact) mass is 261 g/mol. The molecule has 0 fully saturated rings. The Morgan fingerprint density at radius 3 is 2.57 bits per heavy atom. The second-order valence-corrected chi connectivity index (χ2v) is 3.57. The van der Waals surface area contributed by atoms with Gasteiger partial charge in [0, 0.05) is 22.6 Å². The number of anilines is 1. The van der Waals surface area contributed by atoms with E-state index in [1.165, 1.54) is 0 Å². The molecule has 0 saturated heterocycles. The van der Waals surface area contributed by atoms with Crippen molar-refractivity contribution < 1.29 is 8.78 Å². The molecule has 1 rings (SSSR count). The predicted molar refractivity (Wildman–Crippen MR) is 58.2 cm³/mol. The summed E-state index contributed by atoms with van der Waals surface area (Å²) in [5.41, 5.74) is 6.25. The summed E-state index contributed by atoms with van der Waals surface area (Å²) in [5.74, 6) is -1.79. The van der Waals surface area contributed by atoms with Crippen molar-refractivity contribution in [1.29, 1.82) is 0 Å². The van der Waals surface area contributed by atoms with Gasteiger partial charge in [-0.05, 0) is 12.5 Å². The van der Waals surface area contributed by atoms with Crippen molar-refractivity contribution in [1.82, 2.24) is 0 Å². The molecule has 0 aliphatic carbocycles. The zero-order chi connectivity index (χ0) is 10.6. The fraction of sp³-hybridized carbons (Fsp3) is 0.200. The summed E-state index contributed by atoms with van der Waals surface area (Å²) in [6.45, 7) is 0. The molecule has 1 aromatic carbocycles. The third-order valence-corrected chi connectivity index (χ3v) is 2.16. The average molecular weight is 262 g/mol. The van der Waals surface area contributed by atoms with Gasteiger partial charge in [0.05, 0.1) is 0 Å². The van der Waals surface area contributed by atoms with Crippen LogP contribution in [0.25, 0.3) is 6.08 Å². The zero-order valence-electron chi connectivity index (χ0n) is 7.43. The van der Waals surface area contributed by atoms with Crippen LogP contribution in [0.15, 0.2) is 18.2 Å². The first kappa shape index (κ1) is 11.2. The fourth-order valence-corrected chi connectivity index (χ4v) is 1.26. The van der Waals surface area contributed by atoms with Crippen LogP contribution in [0.4, 0.5) is 14.5 Å². The minimum absolute atomic E-state index is 0.245. The van der Waals surface area contributed by atoms with E-state index in [4.69, 9.17) is 5.73 Å². The first-order valence-electron chi connectivity index (χ1n) is 4.12. The van der Waals surface area contributed by atoms with Gasteiger partial charge < -0.3 is 5.73 Å². The minimum atomic E-state index is -0.917. The lowest BCUT2D eigenvalue weighted by Crippen LogP contribution is -1.93. The molecule has 0 atom stereocenters. The minimum Gasteiger partial charge on any atom is -0.398 e. The second kappa shape index (κ2) is 5.10. The number of hydrogen-bond donors (Lipinski definition) is 1. The molecule has 4 heteroatoms. The number of nitrogens with two attached hydrogens (primary N) is 1. The summed E-state index contributed by atoms with van der Waals surface area (Å²) >= 11 is 3.25.